The van der Waals surface area contributed by atoms with E-state index in [2.05, 4.69) is 4.98 Å². The summed E-state index contributed by atoms with van der Waals surface area (Å²) in [5, 5.41) is 17.8. The average Bonchev–Trinajstić information content (AvgIpc) is 3.09. The standard InChI is InChI=1S/C18H14N4O2/c19-10-13-2-1-3-15(8-13)18(23)22-7-5-16(12-22)24-17-9-14(11-20)4-6-21-17/h1-4,6,8-9,16H,5,7,12H2. The zero-order valence-electron chi connectivity index (χ0n) is 12.8. The summed E-state index contributed by atoms with van der Waals surface area (Å²) in [4.78, 5) is 18.3. The molecule has 118 valence electrons. The number of ether oxygens (including phenoxy) is 1. The lowest BCUT2D eigenvalue weighted by molar-refractivity contribution is 0.0771. The highest BCUT2D eigenvalue weighted by Crippen LogP contribution is 2.19. The van der Waals surface area contributed by atoms with Crippen LogP contribution >= 0.6 is 0 Å². The van der Waals surface area contributed by atoms with Crippen LogP contribution in [-0.4, -0.2) is 35.0 Å². The van der Waals surface area contributed by atoms with E-state index in [1.807, 2.05) is 12.1 Å². The molecule has 3 rings (SSSR count). The monoisotopic (exact) mass is 318 g/mol. The first-order valence-corrected chi connectivity index (χ1v) is 7.52. The highest BCUT2D eigenvalue weighted by Gasteiger charge is 2.28. The van der Waals surface area contributed by atoms with Crippen LogP contribution in [0.3, 0.4) is 0 Å². The van der Waals surface area contributed by atoms with Gasteiger partial charge in [-0.05, 0) is 24.3 Å². The number of hydrogen-bond donors (Lipinski definition) is 0. The van der Waals surface area contributed by atoms with Gasteiger partial charge in [-0.2, -0.15) is 10.5 Å². The Kier molecular flexibility index (Phi) is 4.40. The second-order valence-electron chi connectivity index (χ2n) is 5.47. The van der Waals surface area contributed by atoms with E-state index in [4.69, 9.17) is 15.3 Å². The molecule has 1 aliphatic rings. The number of hydrogen-bond acceptors (Lipinski definition) is 5. The topological polar surface area (TPSA) is 90.0 Å². The van der Waals surface area contributed by atoms with E-state index < -0.39 is 0 Å². The van der Waals surface area contributed by atoms with Crippen molar-refractivity contribution in [3.05, 3.63) is 59.3 Å². The van der Waals surface area contributed by atoms with Gasteiger partial charge in [-0.25, -0.2) is 4.98 Å². The summed E-state index contributed by atoms with van der Waals surface area (Å²) in [5.74, 6) is 0.275. The Morgan fingerprint density at radius 1 is 1.21 bits per heavy atom. The van der Waals surface area contributed by atoms with Gasteiger partial charge in [0.1, 0.15) is 6.10 Å². The first-order valence-electron chi connectivity index (χ1n) is 7.52. The molecular weight excluding hydrogens is 304 g/mol. The number of carbonyl (C=O) groups excluding carboxylic acids is 1. The van der Waals surface area contributed by atoms with Gasteiger partial charge in [-0.15, -0.1) is 0 Å². The maximum absolute atomic E-state index is 12.5. The number of aromatic nitrogens is 1. The van der Waals surface area contributed by atoms with Gasteiger partial charge in [0.15, 0.2) is 0 Å². The molecule has 1 atom stereocenters. The van der Waals surface area contributed by atoms with Crippen LogP contribution < -0.4 is 4.74 Å². The molecule has 2 heterocycles. The van der Waals surface area contributed by atoms with E-state index in [1.54, 1.807) is 41.3 Å². The van der Waals surface area contributed by atoms with Crippen molar-refractivity contribution in [1.29, 1.82) is 10.5 Å². The van der Waals surface area contributed by atoms with Crippen LogP contribution in [0.4, 0.5) is 0 Å². The molecule has 1 aliphatic heterocycles. The van der Waals surface area contributed by atoms with Crippen LogP contribution in [0.15, 0.2) is 42.6 Å². The SMILES string of the molecule is N#Cc1cccc(C(=O)N2CCC(Oc3cc(C#N)ccn3)C2)c1. The van der Waals surface area contributed by atoms with E-state index in [9.17, 15) is 4.79 Å². The van der Waals surface area contributed by atoms with Crippen LogP contribution in [0.5, 0.6) is 5.88 Å². The summed E-state index contributed by atoms with van der Waals surface area (Å²) in [7, 11) is 0. The number of amides is 1. The fraction of sp³-hybridized carbons (Fsp3) is 0.222. The fourth-order valence-corrected chi connectivity index (χ4v) is 2.63. The minimum Gasteiger partial charge on any atom is -0.472 e. The van der Waals surface area contributed by atoms with E-state index in [0.717, 1.165) is 0 Å². The van der Waals surface area contributed by atoms with Crippen LogP contribution in [-0.2, 0) is 0 Å². The summed E-state index contributed by atoms with van der Waals surface area (Å²) in [5.41, 5.74) is 1.45. The van der Waals surface area contributed by atoms with Crippen molar-refractivity contribution in [3.8, 4) is 18.0 Å². The van der Waals surface area contributed by atoms with Gasteiger partial charge in [0.2, 0.25) is 5.88 Å². The first kappa shape index (κ1) is 15.5. The quantitative estimate of drug-likeness (QED) is 0.864. The van der Waals surface area contributed by atoms with Crippen molar-refractivity contribution in [1.82, 2.24) is 9.88 Å². The molecule has 1 fully saturated rings. The Morgan fingerprint density at radius 3 is 2.79 bits per heavy atom. The maximum Gasteiger partial charge on any atom is 0.254 e. The molecule has 0 bridgehead atoms. The average molecular weight is 318 g/mol. The van der Waals surface area contributed by atoms with E-state index in [1.165, 1.54) is 6.20 Å². The normalized spacial score (nSPS) is 16.2. The second-order valence-corrected chi connectivity index (χ2v) is 5.47. The predicted molar refractivity (Wildman–Crippen MR) is 85.0 cm³/mol. The zero-order chi connectivity index (χ0) is 16.9. The van der Waals surface area contributed by atoms with Crippen LogP contribution in [0.2, 0.25) is 0 Å². The third-order valence-corrected chi connectivity index (χ3v) is 3.82. The van der Waals surface area contributed by atoms with Crippen molar-refractivity contribution < 1.29 is 9.53 Å². The minimum absolute atomic E-state index is 0.114. The van der Waals surface area contributed by atoms with E-state index in [-0.39, 0.29) is 12.0 Å². The molecule has 1 saturated heterocycles. The summed E-state index contributed by atoms with van der Waals surface area (Å²) >= 11 is 0. The molecule has 1 amide bonds. The van der Waals surface area contributed by atoms with Gasteiger partial charge >= 0.3 is 0 Å². The van der Waals surface area contributed by atoms with Crippen LogP contribution in [0, 0.1) is 22.7 Å². The number of carbonyl (C=O) groups is 1. The van der Waals surface area contributed by atoms with Gasteiger partial charge in [-0.1, -0.05) is 6.07 Å². The van der Waals surface area contributed by atoms with Gasteiger partial charge in [-0.3, -0.25) is 4.79 Å². The number of nitriles is 2. The predicted octanol–water partition coefficient (Wildman–Crippen LogP) is 2.12. The van der Waals surface area contributed by atoms with E-state index >= 15 is 0 Å². The molecule has 1 aromatic carbocycles. The Hall–Kier alpha value is -3.38. The van der Waals surface area contributed by atoms with Crippen molar-refractivity contribution in [3.63, 3.8) is 0 Å². The number of pyridine rings is 1. The highest BCUT2D eigenvalue weighted by atomic mass is 16.5. The van der Waals surface area contributed by atoms with Gasteiger partial charge in [0, 0.05) is 30.8 Å². The summed E-state index contributed by atoms with van der Waals surface area (Å²) in [6.45, 7) is 1.03. The van der Waals surface area contributed by atoms with Gasteiger partial charge in [0.05, 0.1) is 29.8 Å². The largest absolute Gasteiger partial charge is 0.472 e. The number of nitrogens with zero attached hydrogens (tertiary/aromatic N) is 4. The Labute approximate surface area is 139 Å². The number of likely N-dealkylation sites (tertiary alicyclic amines) is 1. The Morgan fingerprint density at radius 2 is 2.00 bits per heavy atom. The van der Waals surface area contributed by atoms with Crippen LogP contribution in [0.25, 0.3) is 0 Å². The fourth-order valence-electron chi connectivity index (χ4n) is 2.63. The number of benzene rings is 1. The molecule has 1 aromatic heterocycles. The first-order chi connectivity index (χ1) is 11.7. The lowest BCUT2D eigenvalue weighted by Crippen LogP contribution is -2.31. The van der Waals surface area contributed by atoms with Crippen molar-refractivity contribution in [2.24, 2.45) is 0 Å². The third kappa shape index (κ3) is 3.34. The molecule has 24 heavy (non-hydrogen) atoms. The molecule has 0 aliphatic carbocycles. The molecule has 6 heteroatoms. The van der Waals surface area contributed by atoms with Crippen molar-refractivity contribution in [2.45, 2.75) is 12.5 Å². The molecule has 0 radical (unpaired) electrons. The molecular formula is C18H14N4O2. The molecule has 0 saturated carbocycles. The highest BCUT2D eigenvalue weighted by molar-refractivity contribution is 5.94. The van der Waals surface area contributed by atoms with Crippen molar-refractivity contribution in [2.75, 3.05) is 13.1 Å². The molecule has 0 spiro atoms. The molecule has 2 aromatic rings. The molecule has 6 nitrogen and oxygen atoms in total. The minimum atomic E-state index is -0.158. The lowest BCUT2D eigenvalue weighted by atomic mass is 10.1. The van der Waals surface area contributed by atoms with Gasteiger partial charge in [0.25, 0.3) is 5.91 Å². The Balaban J connectivity index is 1.65. The number of rotatable bonds is 3. The second kappa shape index (κ2) is 6.80. The van der Waals surface area contributed by atoms with Crippen molar-refractivity contribution >= 4 is 5.91 Å². The smallest absolute Gasteiger partial charge is 0.254 e. The summed E-state index contributed by atoms with van der Waals surface area (Å²) in [6.07, 6.45) is 2.07. The van der Waals surface area contributed by atoms with E-state index in [0.29, 0.717) is 42.1 Å². The Bertz CT molecular complexity index is 851. The summed E-state index contributed by atoms with van der Waals surface area (Å²) < 4.78 is 5.77. The lowest BCUT2D eigenvalue weighted by Gasteiger charge is -2.17. The third-order valence-electron chi connectivity index (χ3n) is 3.82. The summed E-state index contributed by atoms with van der Waals surface area (Å²) in [6, 6.07) is 13.9. The molecule has 1 unspecified atom stereocenters. The zero-order valence-corrected chi connectivity index (χ0v) is 12.8. The maximum atomic E-state index is 12.5. The van der Waals surface area contributed by atoms with Gasteiger partial charge < -0.3 is 9.64 Å². The van der Waals surface area contributed by atoms with Crippen LogP contribution in [0.1, 0.15) is 27.9 Å². The molecule has 0 N–H and O–H groups in total.